The molecule has 370 valence electrons. The molecule has 0 N–H and O–H groups in total. The van der Waals surface area contributed by atoms with E-state index in [4.69, 9.17) is 66.3 Å². The average molecular weight is 919 g/mol. The first-order valence-electron chi connectivity index (χ1n) is 24.7. The van der Waals surface area contributed by atoms with Crippen LogP contribution in [0.3, 0.4) is 0 Å². The van der Waals surface area contributed by atoms with Crippen LogP contribution in [-0.4, -0.2) is 184 Å². The molecule has 1 aliphatic carbocycles. The van der Waals surface area contributed by atoms with E-state index in [9.17, 15) is 0 Å². The SMILES string of the molecule is c1ccc2c(c1)-c1ccccc1C2(CCCCCCOCC1COCCOCCOCCOCCOCCO1)CCCCCCOCC1COCCOCCOCCOCCOCCO1. The molecule has 2 aromatic carbocycles. The average Bonchev–Trinajstić information content (AvgIpc) is 3.60. The van der Waals surface area contributed by atoms with Gasteiger partial charge in [0.15, 0.2) is 0 Å². The van der Waals surface area contributed by atoms with Crippen LogP contribution >= 0.6 is 0 Å². The summed E-state index contributed by atoms with van der Waals surface area (Å²) in [5.41, 5.74) is 5.83. The van der Waals surface area contributed by atoms with Crippen LogP contribution in [0.5, 0.6) is 0 Å². The fourth-order valence-electron chi connectivity index (χ4n) is 8.50. The van der Waals surface area contributed by atoms with Crippen molar-refractivity contribution in [3.05, 3.63) is 59.7 Å². The zero-order valence-electron chi connectivity index (χ0n) is 39.4. The summed E-state index contributed by atoms with van der Waals surface area (Å²) in [6.45, 7) is 13.8. The first-order valence-corrected chi connectivity index (χ1v) is 24.7. The number of benzene rings is 2. The fourth-order valence-corrected chi connectivity index (χ4v) is 8.50. The highest BCUT2D eigenvalue weighted by Crippen LogP contribution is 2.54. The quantitative estimate of drug-likeness (QED) is 0.145. The third-order valence-corrected chi connectivity index (χ3v) is 11.8. The van der Waals surface area contributed by atoms with Gasteiger partial charge in [-0.3, -0.25) is 0 Å². The smallest absolute Gasteiger partial charge is 0.104 e. The number of rotatable bonds is 18. The molecule has 2 aliphatic heterocycles. The number of unbranched alkanes of at least 4 members (excludes halogenated alkanes) is 6. The third kappa shape index (κ3) is 22.2. The molecule has 5 rings (SSSR count). The first-order chi connectivity index (χ1) is 32.4. The van der Waals surface area contributed by atoms with Crippen molar-refractivity contribution in [2.45, 2.75) is 81.8 Å². The molecule has 2 atom stereocenters. The van der Waals surface area contributed by atoms with Crippen molar-refractivity contribution in [1.82, 2.24) is 0 Å². The van der Waals surface area contributed by atoms with Crippen LogP contribution in [0.2, 0.25) is 0 Å². The molecular formula is C51H82O14. The van der Waals surface area contributed by atoms with Gasteiger partial charge in [0.25, 0.3) is 0 Å². The molecule has 0 bridgehead atoms. The second kappa shape index (κ2) is 35.9. The number of hydrogen-bond donors (Lipinski definition) is 0. The summed E-state index contributed by atoms with van der Waals surface area (Å²) in [4.78, 5) is 0. The molecule has 0 aromatic heterocycles. The van der Waals surface area contributed by atoms with Crippen LogP contribution in [0.15, 0.2) is 48.5 Å². The minimum Gasteiger partial charge on any atom is -0.379 e. The van der Waals surface area contributed by atoms with E-state index in [1.54, 1.807) is 0 Å². The van der Waals surface area contributed by atoms with Crippen molar-refractivity contribution >= 4 is 0 Å². The van der Waals surface area contributed by atoms with Gasteiger partial charge in [-0.25, -0.2) is 0 Å². The van der Waals surface area contributed by atoms with Gasteiger partial charge < -0.3 is 66.3 Å². The van der Waals surface area contributed by atoms with Gasteiger partial charge in [0.1, 0.15) is 12.2 Å². The minimum absolute atomic E-state index is 0.0331. The van der Waals surface area contributed by atoms with Crippen molar-refractivity contribution in [2.75, 3.05) is 172 Å². The third-order valence-electron chi connectivity index (χ3n) is 11.8. The zero-order chi connectivity index (χ0) is 45.0. The molecule has 14 nitrogen and oxygen atoms in total. The summed E-state index contributed by atoms with van der Waals surface area (Å²) in [5, 5.41) is 0. The van der Waals surface area contributed by atoms with Gasteiger partial charge in [0.2, 0.25) is 0 Å². The minimum atomic E-state index is -0.157. The summed E-state index contributed by atoms with van der Waals surface area (Å²) < 4.78 is 80.8. The topological polar surface area (TPSA) is 129 Å². The fraction of sp³-hybridized carbons (Fsp3) is 0.765. The molecule has 2 saturated heterocycles. The lowest BCUT2D eigenvalue weighted by Gasteiger charge is -2.33. The highest BCUT2D eigenvalue weighted by molar-refractivity contribution is 5.80. The highest BCUT2D eigenvalue weighted by Gasteiger charge is 2.41. The van der Waals surface area contributed by atoms with E-state index < -0.39 is 0 Å². The van der Waals surface area contributed by atoms with E-state index in [-0.39, 0.29) is 17.6 Å². The van der Waals surface area contributed by atoms with Crippen LogP contribution in [0.4, 0.5) is 0 Å². The van der Waals surface area contributed by atoms with Crippen LogP contribution in [0.1, 0.15) is 75.3 Å². The van der Waals surface area contributed by atoms with Gasteiger partial charge >= 0.3 is 0 Å². The summed E-state index contributed by atoms with van der Waals surface area (Å²) in [7, 11) is 0. The molecule has 0 spiro atoms. The number of fused-ring (bicyclic) bond motifs is 3. The lowest BCUT2D eigenvalue weighted by atomic mass is 9.70. The van der Waals surface area contributed by atoms with Crippen LogP contribution in [0, 0.1) is 0 Å². The van der Waals surface area contributed by atoms with E-state index in [2.05, 4.69) is 48.5 Å². The Labute approximate surface area is 389 Å². The molecule has 2 unspecified atom stereocenters. The largest absolute Gasteiger partial charge is 0.379 e. The lowest BCUT2D eigenvalue weighted by molar-refractivity contribution is -0.0846. The zero-order valence-corrected chi connectivity index (χ0v) is 39.4. The Balaban J connectivity index is 0.999. The van der Waals surface area contributed by atoms with E-state index in [1.165, 1.54) is 47.9 Å². The monoisotopic (exact) mass is 919 g/mol. The van der Waals surface area contributed by atoms with Crippen molar-refractivity contribution in [2.24, 2.45) is 0 Å². The Kier molecular flexibility index (Phi) is 29.8. The molecule has 2 heterocycles. The maximum Gasteiger partial charge on any atom is 0.104 e. The standard InChI is InChI=1S/C51H82O14/c1(3-11-19-60-41-45-43-62-35-33-56-27-25-52-21-23-54-29-31-58-37-39-64-45)9-17-51(49-15-7-5-13-47(49)48-14-6-8-16-50(48)51)18-10-2-4-12-20-61-42-46-44-63-36-34-57-28-26-53-22-24-55-30-32-59-38-40-65-46/h5-8,13-16,45-46H,1-4,9-12,17-44H2. The van der Waals surface area contributed by atoms with Crippen LogP contribution < -0.4 is 0 Å². The molecule has 14 heteroatoms. The Hall–Kier alpha value is -2.12. The van der Waals surface area contributed by atoms with Gasteiger partial charge in [-0.2, -0.15) is 0 Å². The lowest BCUT2D eigenvalue weighted by Crippen LogP contribution is -2.28. The number of hydrogen-bond acceptors (Lipinski definition) is 14. The molecule has 0 saturated carbocycles. The second-order valence-electron chi connectivity index (χ2n) is 16.7. The Morgan fingerprint density at radius 3 is 1.03 bits per heavy atom. The Morgan fingerprint density at radius 1 is 0.354 bits per heavy atom. The first kappa shape index (κ1) is 53.8. The van der Waals surface area contributed by atoms with Gasteiger partial charge in [-0.15, -0.1) is 0 Å². The molecule has 2 aromatic rings. The molecule has 3 aliphatic rings. The maximum absolute atomic E-state index is 6.13. The second-order valence-corrected chi connectivity index (χ2v) is 16.7. The van der Waals surface area contributed by atoms with Crippen molar-refractivity contribution in [3.63, 3.8) is 0 Å². The highest BCUT2D eigenvalue weighted by atomic mass is 16.6. The van der Waals surface area contributed by atoms with Gasteiger partial charge in [-0.05, 0) is 47.9 Å². The molecule has 0 amide bonds. The van der Waals surface area contributed by atoms with Crippen LogP contribution in [0.25, 0.3) is 11.1 Å². The van der Waals surface area contributed by atoms with Crippen molar-refractivity contribution in [3.8, 4) is 11.1 Å². The number of ether oxygens (including phenoxy) is 14. The van der Waals surface area contributed by atoms with E-state index in [0.717, 1.165) is 38.5 Å². The van der Waals surface area contributed by atoms with Gasteiger partial charge in [-0.1, -0.05) is 87.1 Å². The normalized spacial score (nSPS) is 22.4. The van der Waals surface area contributed by atoms with Gasteiger partial charge in [0, 0.05) is 18.6 Å². The molecular weight excluding hydrogens is 837 g/mol. The summed E-state index contributed by atoms with van der Waals surface area (Å²) in [6.07, 6.45) is 11.0. The predicted octanol–water partition coefficient (Wildman–Crippen LogP) is 6.85. The summed E-state index contributed by atoms with van der Waals surface area (Å²) >= 11 is 0. The summed E-state index contributed by atoms with van der Waals surface area (Å²) in [6, 6.07) is 18.2. The van der Waals surface area contributed by atoms with E-state index in [0.29, 0.717) is 172 Å². The Morgan fingerprint density at radius 2 is 0.662 bits per heavy atom. The van der Waals surface area contributed by atoms with E-state index >= 15 is 0 Å². The maximum atomic E-state index is 6.13. The molecule has 2 fully saturated rings. The van der Waals surface area contributed by atoms with Crippen molar-refractivity contribution in [1.29, 1.82) is 0 Å². The van der Waals surface area contributed by atoms with Gasteiger partial charge in [0.05, 0.1) is 159 Å². The molecule has 65 heavy (non-hydrogen) atoms. The van der Waals surface area contributed by atoms with Crippen molar-refractivity contribution < 1.29 is 66.3 Å². The van der Waals surface area contributed by atoms with Crippen LogP contribution in [-0.2, 0) is 71.7 Å². The Bertz CT molecular complexity index is 1290. The van der Waals surface area contributed by atoms with E-state index in [1.807, 2.05) is 0 Å². The molecule has 0 radical (unpaired) electrons. The summed E-state index contributed by atoms with van der Waals surface area (Å²) in [5.74, 6) is 0. The predicted molar refractivity (Wildman–Crippen MR) is 248 cm³/mol.